The van der Waals surface area contributed by atoms with Crippen LogP contribution in [-0.2, 0) is 6.54 Å². The summed E-state index contributed by atoms with van der Waals surface area (Å²) in [5.74, 6) is -0.0682. The van der Waals surface area contributed by atoms with Gasteiger partial charge in [0.1, 0.15) is 5.75 Å². The molecule has 0 bridgehead atoms. The maximum Gasteiger partial charge on any atom is 0.573 e. The zero-order valence-corrected chi connectivity index (χ0v) is 13.0. The van der Waals surface area contributed by atoms with Gasteiger partial charge in [0.25, 0.3) is 0 Å². The molecule has 5 nitrogen and oxygen atoms in total. The summed E-state index contributed by atoms with van der Waals surface area (Å²) >= 11 is 0. The predicted octanol–water partition coefficient (Wildman–Crippen LogP) is 2.79. The van der Waals surface area contributed by atoms with Crippen LogP contribution in [0.1, 0.15) is 25.8 Å². The first kappa shape index (κ1) is 19.1. The van der Waals surface area contributed by atoms with Crippen LogP contribution in [0.4, 0.5) is 18.0 Å². The van der Waals surface area contributed by atoms with Crippen LogP contribution in [0.15, 0.2) is 24.3 Å². The van der Waals surface area contributed by atoms with Gasteiger partial charge in [0.15, 0.2) is 0 Å². The monoisotopic (exact) mass is 334 g/mol. The molecule has 0 fully saturated rings. The number of nitrogens with one attached hydrogen (secondary N) is 2. The SMILES string of the molecule is CC(C)CC(O)CNC(=O)NCc1ccccc1OC(F)(F)F. The highest BCUT2D eigenvalue weighted by molar-refractivity contribution is 5.73. The van der Waals surface area contributed by atoms with E-state index in [1.165, 1.54) is 18.2 Å². The molecular weight excluding hydrogens is 313 g/mol. The molecule has 0 aromatic heterocycles. The lowest BCUT2D eigenvalue weighted by atomic mass is 10.1. The minimum atomic E-state index is -4.79. The Morgan fingerprint density at radius 2 is 1.91 bits per heavy atom. The molecule has 1 atom stereocenters. The van der Waals surface area contributed by atoms with Crippen LogP contribution in [0.2, 0.25) is 0 Å². The van der Waals surface area contributed by atoms with E-state index in [4.69, 9.17) is 0 Å². The molecule has 0 spiro atoms. The number of amides is 2. The van der Waals surface area contributed by atoms with Crippen LogP contribution in [0.5, 0.6) is 5.75 Å². The van der Waals surface area contributed by atoms with E-state index in [1.54, 1.807) is 6.07 Å². The lowest BCUT2D eigenvalue weighted by Crippen LogP contribution is -2.39. The van der Waals surface area contributed by atoms with Gasteiger partial charge in [-0.3, -0.25) is 0 Å². The van der Waals surface area contributed by atoms with E-state index in [9.17, 15) is 23.1 Å². The molecule has 0 radical (unpaired) electrons. The van der Waals surface area contributed by atoms with E-state index in [0.717, 1.165) is 0 Å². The third kappa shape index (κ3) is 8.29. The van der Waals surface area contributed by atoms with Gasteiger partial charge in [0.05, 0.1) is 6.10 Å². The molecule has 8 heteroatoms. The molecule has 0 saturated carbocycles. The number of carbonyl (C=O) groups is 1. The number of alkyl halides is 3. The van der Waals surface area contributed by atoms with Crippen LogP contribution >= 0.6 is 0 Å². The van der Waals surface area contributed by atoms with E-state index in [2.05, 4.69) is 15.4 Å². The first-order valence-corrected chi connectivity index (χ1v) is 7.20. The lowest BCUT2D eigenvalue weighted by Gasteiger charge is -2.15. The van der Waals surface area contributed by atoms with Gasteiger partial charge >= 0.3 is 12.4 Å². The van der Waals surface area contributed by atoms with Crippen LogP contribution < -0.4 is 15.4 Å². The number of benzene rings is 1. The van der Waals surface area contributed by atoms with E-state index in [1.807, 2.05) is 13.8 Å². The molecule has 1 aromatic carbocycles. The van der Waals surface area contributed by atoms with Crippen molar-refractivity contribution in [2.24, 2.45) is 5.92 Å². The second-order valence-corrected chi connectivity index (χ2v) is 5.50. The van der Waals surface area contributed by atoms with Crippen molar-refractivity contribution in [1.82, 2.24) is 10.6 Å². The molecule has 2 amide bonds. The van der Waals surface area contributed by atoms with Gasteiger partial charge in [-0.25, -0.2) is 4.79 Å². The number of carbonyl (C=O) groups excluding carboxylic acids is 1. The van der Waals surface area contributed by atoms with E-state index >= 15 is 0 Å². The highest BCUT2D eigenvalue weighted by Gasteiger charge is 2.31. The number of ether oxygens (including phenoxy) is 1. The summed E-state index contributed by atoms with van der Waals surface area (Å²) in [6.07, 6.45) is -4.91. The zero-order chi connectivity index (χ0) is 17.5. The minimum absolute atomic E-state index is 0.0741. The van der Waals surface area contributed by atoms with Crippen LogP contribution in [0, 0.1) is 5.92 Å². The van der Waals surface area contributed by atoms with Crippen molar-refractivity contribution in [2.75, 3.05) is 6.54 Å². The highest BCUT2D eigenvalue weighted by Crippen LogP contribution is 2.25. The highest BCUT2D eigenvalue weighted by atomic mass is 19.4. The molecule has 1 unspecified atom stereocenters. The quantitative estimate of drug-likeness (QED) is 0.718. The van der Waals surface area contributed by atoms with Crippen molar-refractivity contribution < 1.29 is 27.8 Å². The van der Waals surface area contributed by atoms with E-state index < -0.39 is 18.5 Å². The van der Waals surface area contributed by atoms with Gasteiger partial charge in [-0.2, -0.15) is 0 Å². The van der Waals surface area contributed by atoms with Gasteiger partial charge < -0.3 is 20.5 Å². The summed E-state index contributed by atoms with van der Waals surface area (Å²) in [5.41, 5.74) is 0.197. The molecule has 0 saturated heterocycles. The third-order valence-corrected chi connectivity index (χ3v) is 2.88. The second kappa shape index (κ2) is 8.61. The second-order valence-electron chi connectivity index (χ2n) is 5.50. The van der Waals surface area contributed by atoms with Gasteiger partial charge in [-0.15, -0.1) is 13.2 Å². The van der Waals surface area contributed by atoms with Gasteiger partial charge in [0.2, 0.25) is 0 Å². The fourth-order valence-electron chi connectivity index (χ4n) is 1.95. The molecule has 130 valence electrons. The lowest BCUT2D eigenvalue weighted by molar-refractivity contribution is -0.274. The van der Waals surface area contributed by atoms with Crippen molar-refractivity contribution in [3.8, 4) is 5.75 Å². The average molecular weight is 334 g/mol. The Kier molecular flexibility index (Phi) is 7.15. The standard InChI is InChI=1S/C15H21F3N2O3/c1-10(2)7-12(21)9-20-14(22)19-8-11-5-3-4-6-13(11)23-15(16,17)18/h3-6,10,12,21H,7-9H2,1-2H3,(H2,19,20,22). The molecule has 0 aliphatic rings. The van der Waals surface area contributed by atoms with Gasteiger partial charge in [0, 0.05) is 18.7 Å². The van der Waals surface area contributed by atoms with Crippen molar-refractivity contribution in [3.05, 3.63) is 29.8 Å². The Morgan fingerprint density at radius 1 is 1.26 bits per heavy atom. The summed E-state index contributed by atoms with van der Waals surface area (Å²) < 4.78 is 40.7. The Balaban J connectivity index is 2.47. The topological polar surface area (TPSA) is 70.6 Å². The number of halogens is 3. The Morgan fingerprint density at radius 3 is 2.52 bits per heavy atom. The first-order valence-electron chi connectivity index (χ1n) is 7.20. The van der Waals surface area contributed by atoms with Crippen LogP contribution in [0.3, 0.4) is 0 Å². The number of aliphatic hydroxyl groups is 1. The van der Waals surface area contributed by atoms with E-state index in [0.29, 0.717) is 12.3 Å². The number of urea groups is 1. The molecule has 3 N–H and O–H groups in total. The molecule has 1 rings (SSSR count). The summed E-state index contributed by atoms with van der Waals surface area (Å²) in [4.78, 5) is 11.6. The van der Waals surface area contributed by atoms with Gasteiger partial charge in [-0.1, -0.05) is 32.0 Å². The maximum atomic E-state index is 12.3. The molecule has 0 aliphatic heterocycles. The molecule has 1 aromatic rings. The smallest absolute Gasteiger partial charge is 0.405 e. The summed E-state index contributed by atoms with van der Waals surface area (Å²) in [7, 11) is 0. The minimum Gasteiger partial charge on any atom is -0.405 e. The van der Waals surface area contributed by atoms with Crippen molar-refractivity contribution in [1.29, 1.82) is 0 Å². The number of rotatable bonds is 7. The maximum absolute atomic E-state index is 12.3. The first-order chi connectivity index (χ1) is 10.7. The Labute approximate surface area is 132 Å². The molecular formula is C15H21F3N2O3. The van der Waals surface area contributed by atoms with E-state index in [-0.39, 0.29) is 24.4 Å². The number of aliphatic hydroxyl groups excluding tert-OH is 1. The molecule has 0 heterocycles. The van der Waals surface area contributed by atoms with Crippen molar-refractivity contribution in [2.45, 2.75) is 39.3 Å². The summed E-state index contributed by atoms with van der Waals surface area (Å²) in [6, 6.07) is 4.98. The molecule has 23 heavy (non-hydrogen) atoms. The zero-order valence-electron chi connectivity index (χ0n) is 13.0. The van der Waals surface area contributed by atoms with Crippen LogP contribution in [-0.4, -0.2) is 30.1 Å². The van der Waals surface area contributed by atoms with Gasteiger partial charge in [-0.05, 0) is 18.4 Å². The Bertz CT molecular complexity index is 507. The number of para-hydroxylation sites is 1. The number of hydrogen-bond donors (Lipinski definition) is 3. The molecule has 0 aliphatic carbocycles. The third-order valence-electron chi connectivity index (χ3n) is 2.88. The fraction of sp³-hybridized carbons (Fsp3) is 0.533. The van der Waals surface area contributed by atoms with Crippen LogP contribution in [0.25, 0.3) is 0 Å². The largest absolute Gasteiger partial charge is 0.573 e. The fourth-order valence-corrected chi connectivity index (χ4v) is 1.95. The number of hydrogen-bond acceptors (Lipinski definition) is 3. The summed E-state index contributed by atoms with van der Waals surface area (Å²) in [6.45, 7) is 3.84. The van der Waals surface area contributed by atoms with Crippen molar-refractivity contribution in [3.63, 3.8) is 0 Å². The summed E-state index contributed by atoms with van der Waals surface area (Å²) in [5, 5.41) is 14.5. The predicted molar refractivity (Wildman–Crippen MR) is 78.8 cm³/mol. The normalized spacial score (nSPS) is 12.8. The van der Waals surface area contributed by atoms with Crippen molar-refractivity contribution >= 4 is 6.03 Å². The Hall–Kier alpha value is -1.96. The average Bonchev–Trinajstić information content (AvgIpc) is 2.42.